The second-order valence-corrected chi connectivity index (χ2v) is 4.03. The lowest BCUT2D eigenvalue weighted by Crippen LogP contribution is -2.13. The average Bonchev–Trinajstić information content (AvgIpc) is 2.85. The fourth-order valence-electron chi connectivity index (χ4n) is 2.29. The molecule has 0 amide bonds. The molecular weight excluding hydrogens is 190 g/mol. The number of fused-ring (bicyclic) bond motifs is 1. The summed E-state index contributed by atoms with van der Waals surface area (Å²) >= 11 is 0. The van der Waals surface area contributed by atoms with Crippen LogP contribution in [0.4, 0.5) is 5.95 Å². The van der Waals surface area contributed by atoms with Crippen LogP contribution in [0.25, 0.3) is 11.5 Å². The van der Waals surface area contributed by atoms with E-state index in [9.17, 15) is 0 Å². The monoisotopic (exact) mass is 203 g/mol. The van der Waals surface area contributed by atoms with Crippen molar-refractivity contribution >= 4 is 5.95 Å². The molecule has 0 aromatic carbocycles. The Hall–Kier alpha value is -1.65. The third-order valence-corrected chi connectivity index (χ3v) is 3.07. The molecule has 0 aromatic heterocycles. The number of nitrogens with two attached hydrogens (primary N) is 1. The number of hydrogen-bond acceptors (Lipinski definition) is 4. The summed E-state index contributed by atoms with van der Waals surface area (Å²) in [6.07, 6.45) is 8.44. The lowest BCUT2D eigenvalue weighted by Gasteiger charge is -2.17. The van der Waals surface area contributed by atoms with E-state index in [1.807, 2.05) is 10.8 Å². The first-order valence-electron chi connectivity index (χ1n) is 5.29. The maximum Gasteiger partial charge on any atom is 0.202 e. The molecule has 2 N–H and O–H groups in total. The first kappa shape index (κ1) is 8.64. The highest BCUT2D eigenvalue weighted by Crippen LogP contribution is 2.32. The quantitative estimate of drug-likeness (QED) is 0.762. The Kier molecular flexibility index (Phi) is 1.83. The molecule has 2 heterocycles. The standard InChI is InChI=1S/C10H13N5/c11-10-14-9-8(12-6-13-9)5-15(10)7-3-1-2-4-7/h5-7H,1-4H2,(H2,11,12,13,14). The lowest BCUT2D eigenvalue weighted by atomic mass is 10.2. The van der Waals surface area contributed by atoms with Gasteiger partial charge < -0.3 is 10.3 Å². The van der Waals surface area contributed by atoms with Crippen molar-refractivity contribution < 1.29 is 0 Å². The van der Waals surface area contributed by atoms with Crippen LogP contribution in [-0.4, -0.2) is 19.5 Å². The molecule has 3 aliphatic rings. The molecule has 1 aliphatic carbocycles. The van der Waals surface area contributed by atoms with Crippen LogP contribution in [0.1, 0.15) is 31.7 Å². The van der Waals surface area contributed by atoms with E-state index in [1.165, 1.54) is 32.0 Å². The van der Waals surface area contributed by atoms with Gasteiger partial charge in [0, 0.05) is 12.2 Å². The minimum Gasteiger partial charge on any atom is -0.369 e. The summed E-state index contributed by atoms with van der Waals surface area (Å²) in [4.78, 5) is 12.4. The van der Waals surface area contributed by atoms with E-state index < -0.39 is 0 Å². The summed E-state index contributed by atoms with van der Waals surface area (Å²) < 4.78 is 2.05. The van der Waals surface area contributed by atoms with Gasteiger partial charge in [0.05, 0.1) is 0 Å². The summed E-state index contributed by atoms with van der Waals surface area (Å²) in [6.45, 7) is 0. The van der Waals surface area contributed by atoms with E-state index in [0.717, 1.165) is 5.69 Å². The zero-order chi connectivity index (χ0) is 10.3. The Morgan fingerprint density at radius 3 is 2.87 bits per heavy atom. The van der Waals surface area contributed by atoms with Crippen molar-refractivity contribution in [2.45, 2.75) is 31.7 Å². The second-order valence-electron chi connectivity index (χ2n) is 4.03. The zero-order valence-corrected chi connectivity index (χ0v) is 8.43. The largest absolute Gasteiger partial charge is 0.369 e. The number of nitrogen functional groups attached to an aromatic ring is 1. The van der Waals surface area contributed by atoms with Crippen molar-refractivity contribution in [1.29, 1.82) is 0 Å². The highest BCUT2D eigenvalue weighted by atomic mass is 15.2. The maximum atomic E-state index is 5.91. The zero-order valence-electron chi connectivity index (χ0n) is 8.43. The van der Waals surface area contributed by atoms with Gasteiger partial charge in [-0.1, -0.05) is 12.8 Å². The Morgan fingerprint density at radius 1 is 1.27 bits per heavy atom. The third kappa shape index (κ3) is 1.35. The van der Waals surface area contributed by atoms with Crippen LogP contribution in [0.15, 0.2) is 12.5 Å². The van der Waals surface area contributed by atoms with Gasteiger partial charge in [-0.05, 0) is 12.8 Å². The molecule has 0 bridgehead atoms. The molecule has 1 fully saturated rings. The lowest BCUT2D eigenvalue weighted by molar-refractivity contribution is 0.517. The van der Waals surface area contributed by atoms with Gasteiger partial charge in [-0.25, -0.2) is 9.97 Å². The molecule has 2 aliphatic heterocycles. The maximum absolute atomic E-state index is 5.91. The van der Waals surface area contributed by atoms with E-state index in [2.05, 4.69) is 15.0 Å². The first-order valence-corrected chi connectivity index (χ1v) is 5.29. The van der Waals surface area contributed by atoms with E-state index in [-0.39, 0.29) is 0 Å². The van der Waals surface area contributed by atoms with Gasteiger partial charge in [-0.2, -0.15) is 4.98 Å². The van der Waals surface area contributed by atoms with Crippen molar-refractivity contribution in [2.75, 3.05) is 5.73 Å². The molecule has 0 aromatic rings. The van der Waals surface area contributed by atoms with Gasteiger partial charge in [0.25, 0.3) is 0 Å². The van der Waals surface area contributed by atoms with Crippen molar-refractivity contribution in [3.8, 4) is 11.5 Å². The Morgan fingerprint density at radius 2 is 2.07 bits per heavy atom. The number of hydrogen-bond donors (Lipinski definition) is 1. The SMILES string of the molecule is Nc1nc2ncnc-2cn1C1CCCC1. The Bertz CT molecular complexity index is 443. The van der Waals surface area contributed by atoms with Gasteiger partial charge >= 0.3 is 0 Å². The van der Waals surface area contributed by atoms with Gasteiger partial charge in [-0.15, -0.1) is 0 Å². The van der Waals surface area contributed by atoms with Gasteiger partial charge in [0.1, 0.15) is 12.0 Å². The molecule has 78 valence electrons. The van der Waals surface area contributed by atoms with Crippen molar-refractivity contribution in [3.05, 3.63) is 12.5 Å². The first-order chi connectivity index (χ1) is 7.34. The summed E-state index contributed by atoms with van der Waals surface area (Å²) in [5, 5.41) is 0. The van der Waals surface area contributed by atoms with E-state index >= 15 is 0 Å². The summed E-state index contributed by atoms with van der Waals surface area (Å²) in [5.74, 6) is 1.19. The van der Waals surface area contributed by atoms with Gasteiger partial charge in [0.15, 0.2) is 5.82 Å². The average molecular weight is 203 g/mol. The normalized spacial score (nSPS) is 17.6. The fraction of sp³-hybridized carbons (Fsp3) is 0.500. The number of anilines is 1. The predicted molar refractivity (Wildman–Crippen MR) is 56.4 cm³/mol. The molecule has 0 spiro atoms. The Balaban J connectivity index is 2.09. The van der Waals surface area contributed by atoms with Gasteiger partial charge in [0.2, 0.25) is 5.95 Å². The number of imidazole rings is 1. The Labute approximate surface area is 87.7 Å². The number of rotatable bonds is 1. The van der Waals surface area contributed by atoms with Crippen LogP contribution < -0.4 is 5.73 Å². The van der Waals surface area contributed by atoms with E-state index in [4.69, 9.17) is 5.73 Å². The smallest absolute Gasteiger partial charge is 0.202 e. The molecule has 0 saturated heterocycles. The van der Waals surface area contributed by atoms with Gasteiger partial charge in [-0.3, -0.25) is 0 Å². The number of nitrogens with zero attached hydrogens (tertiary/aromatic N) is 4. The predicted octanol–water partition coefficient (Wildman–Crippen LogP) is 1.48. The molecule has 0 atom stereocenters. The van der Waals surface area contributed by atoms with Crippen molar-refractivity contribution in [3.63, 3.8) is 0 Å². The molecule has 5 nitrogen and oxygen atoms in total. The third-order valence-electron chi connectivity index (χ3n) is 3.07. The number of aromatic nitrogens is 4. The molecule has 1 saturated carbocycles. The van der Waals surface area contributed by atoms with Crippen LogP contribution in [-0.2, 0) is 0 Å². The van der Waals surface area contributed by atoms with Crippen LogP contribution in [0.3, 0.4) is 0 Å². The fourth-order valence-corrected chi connectivity index (χ4v) is 2.29. The minimum absolute atomic E-state index is 0.499. The van der Waals surface area contributed by atoms with Crippen LogP contribution in [0, 0.1) is 0 Å². The second kappa shape index (κ2) is 3.18. The highest BCUT2D eigenvalue weighted by Gasteiger charge is 2.20. The van der Waals surface area contributed by atoms with Crippen LogP contribution >= 0.6 is 0 Å². The van der Waals surface area contributed by atoms with Crippen molar-refractivity contribution in [2.24, 2.45) is 0 Å². The van der Waals surface area contributed by atoms with Crippen molar-refractivity contribution in [1.82, 2.24) is 19.5 Å². The summed E-state index contributed by atoms with van der Waals surface area (Å²) in [7, 11) is 0. The minimum atomic E-state index is 0.499. The van der Waals surface area contributed by atoms with Crippen LogP contribution in [0.2, 0.25) is 0 Å². The molecule has 0 radical (unpaired) electrons. The van der Waals surface area contributed by atoms with Crippen LogP contribution in [0.5, 0.6) is 0 Å². The molecule has 0 unspecified atom stereocenters. The molecule has 3 rings (SSSR count). The topological polar surface area (TPSA) is 69.6 Å². The van der Waals surface area contributed by atoms with E-state index in [1.54, 1.807) is 0 Å². The van der Waals surface area contributed by atoms with E-state index in [0.29, 0.717) is 17.8 Å². The highest BCUT2D eigenvalue weighted by molar-refractivity contribution is 5.51. The molecule has 15 heavy (non-hydrogen) atoms. The summed E-state index contributed by atoms with van der Waals surface area (Å²) in [6, 6.07) is 0.499. The molecular formula is C10H13N5. The molecule has 5 heteroatoms. The summed E-state index contributed by atoms with van der Waals surface area (Å²) in [5.41, 5.74) is 6.74.